The molecule has 0 radical (unpaired) electrons. The van der Waals surface area contributed by atoms with Gasteiger partial charge in [0.05, 0.1) is 52.1 Å². The average Bonchev–Trinajstić information content (AvgIpc) is 3.23. The van der Waals surface area contributed by atoms with E-state index in [1.165, 1.54) is 26.2 Å². The van der Waals surface area contributed by atoms with E-state index in [2.05, 4.69) is 26.8 Å². The first-order valence-corrected chi connectivity index (χ1v) is 11.8. The van der Waals surface area contributed by atoms with Crippen LogP contribution < -0.4 is 10.6 Å². The number of anilines is 1. The number of carbonyl (C=O) groups excluding carboxylic acids is 2. The third-order valence-electron chi connectivity index (χ3n) is 6.42. The number of nitrogens with one attached hydrogen (secondary N) is 2. The van der Waals surface area contributed by atoms with Gasteiger partial charge in [-0.1, -0.05) is 0 Å². The summed E-state index contributed by atoms with van der Waals surface area (Å²) in [5, 5.41) is 29.2. The Hall–Kier alpha value is -3.84. The number of rotatable bonds is 9. The predicted molar refractivity (Wildman–Crippen MR) is 132 cm³/mol. The Morgan fingerprint density at radius 3 is 2.72 bits per heavy atom. The van der Waals surface area contributed by atoms with E-state index in [0.29, 0.717) is 35.0 Å². The van der Waals surface area contributed by atoms with E-state index in [0.717, 1.165) is 18.4 Å². The summed E-state index contributed by atoms with van der Waals surface area (Å²) >= 11 is 0. The molecule has 10 heteroatoms. The highest BCUT2D eigenvalue weighted by Crippen LogP contribution is 2.34. The molecule has 4 rings (SSSR count). The minimum Gasteiger partial charge on any atom is -0.387 e. The smallest absolute Gasteiger partial charge is 0.255 e. The molecule has 0 unspecified atom stereocenters. The van der Waals surface area contributed by atoms with Crippen LogP contribution >= 0.6 is 0 Å². The number of hydrogen-bond donors (Lipinski definition) is 3. The maximum atomic E-state index is 14.2. The summed E-state index contributed by atoms with van der Waals surface area (Å²) in [6.45, 7) is 3.93. The van der Waals surface area contributed by atoms with Crippen LogP contribution in [0.2, 0.25) is 0 Å². The van der Waals surface area contributed by atoms with Crippen LogP contribution in [0.3, 0.4) is 0 Å². The molecule has 1 amide bonds. The van der Waals surface area contributed by atoms with Crippen LogP contribution in [-0.2, 0) is 4.79 Å². The Morgan fingerprint density at radius 1 is 1.31 bits per heavy atom. The molecular formula is C26H29FN6O3. The Morgan fingerprint density at radius 2 is 2.06 bits per heavy atom. The third-order valence-corrected chi connectivity index (χ3v) is 6.42. The van der Waals surface area contributed by atoms with Gasteiger partial charge in [-0.05, 0) is 63.8 Å². The number of fused-ring (bicyclic) bond motifs is 1. The van der Waals surface area contributed by atoms with Crippen molar-refractivity contribution in [3.63, 3.8) is 0 Å². The van der Waals surface area contributed by atoms with Gasteiger partial charge < -0.3 is 20.5 Å². The molecule has 3 aromatic rings. The summed E-state index contributed by atoms with van der Waals surface area (Å²) in [5.74, 6) is -0.0462. The van der Waals surface area contributed by atoms with Gasteiger partial charge in [-0.3, -0.25) is 9.78 Å². The summed E-state index contributed by atoms with van der Waals surface area (Å²) in [6.07, 6.45) is 3.40. The maximum Gasteiger partial charge on any atom is 0.255 e. The molecule has 9 nitrogen and oxygen atoms in total. The van der Waals surface area contributed by atoms with E-state index in [-0.39, 0.29) is 23.9 Å². The van der Waals surface area contributed by atoms with Crippen LogP contribution in [0, 0.1) is 17.2 Å². The highest BCUT2D eigenvalue weighted by molar-refractivity contribution is 6.00. The number of carbonyl (C=O) groups is 2. The normalized spacial score (nSPS) is 18.2. The van der Waals surface area contributed by atoms with Gasteiger partial charge in [0, 0.05) is 18.7 Å². The lowest BCUT2D eigenvalue weighted by molar-refractivity contribution is -0.118. The SMILES string of the molecule is CC(=O)CC1CC(Nc2cc(-c3ccc4cc(C#N)cnn34)ncc2C(=O)NC[C@@H](F)C(C)(C)O)C1. The molecule has 1 atom stereocenters. The number of pyridine rings is 1. The standard InChI is InChI=1S/C26H29FN6O3/c1-15(34)6-16-7-18(8-16)32-21-10-22(23-5-4-19-9-17(11-28)12-31-33(19)23)29-13-20(21)25(35)30-14-24(27)26(2,3)36/h4-5,9-10,12-13,16,18,24,36H,6-8,14H2,1-3H3,(H,29,32)(H,30,35)/t16?,18?,24-/m1/s1. The minimum atomic E-state index is -1.64. The second-order valence-electron chi connectivity index (χ2n) is 9.94. The van der Waals surface area contributed by atoms with Crippen LogP contribution in [-0.4, -0.2) is 55.8 Å². The predicted octanol–water partition coefficient (Wildman–Crippen LogP) is 3.28. The van der Waals surface area contributed by atoms with Gasteiger partial charge in [0.2, 0.25) is 0 Å². The van der Waals surface area contributed by atoms with Gasteiger partial charge in [0.1, 0.15) is 18.0 Å². The fourth-order valence-electron chi connectivity index (χ4n) is 4.32. The first-order chi connectivity index (χ1) is 17.0. The molecule has 3 N–H and O–H groups in total. The lowest BCUT2D eigenvalue weighted by atomic mass is 9.77. The monoisotopic (exact) mass is 492 g/mol. The molecular weight excluding hydrogens is 463 g/mol. The molecule has 0 bridgehead atoms. The molecule has 0 aromatic carbocycles. The fraction of sp³-hybridized carbons (Fsp3) is 0.423. The van der Waals surface area contributed by atoms with Crippen LogP contribution in [0.1, 0.15) is 56.0 Å². The highest BCUT2D eigenvalue weighted by atomic mass is 19.1. The molecule has 1 fully saturated rings. The Bertz CT molecular complexity index is 1330. The van der Waals surface area contributed by atoms with Crippen molar-refractivity contribution >= 4 is 22.9 Å². The van der Waals surface area contributed by atoms with E-state index in [1.807, 2.05) is 12.1 Å². The number of nitriles is 1. The number of ketones is 1. The van der Waals surface area contributed by atoms with Crippen molar-refractivity contribution in [2.75, 3.05) is 11.9 Å². The first kappa shape index (κ1) is 25.3. The number of halogens is 1. The number of aromatic nitrogens is 3. The zero-order chi connectivity index (χ0) is 26.0. The van der Waals surface area contributed by atoms with Crippen LogP contribution in [0.4, 0.5) is 10.1 Å². The van der Waals surface area contributed by atoms with Crippen molar-refractivity contribution in [1.29, 1.82) is 5.26 Å². The van der Waals surface area contributed by atoms with Gasteiger partial charge in [-0.25, -0.2) is 8.91 Å². The van der Waals surface area contributed by atoms with Crippen LogP contribution in [0.5, 0.6) is 0 Å². The number of alkyl halides is 1. The quantitative estimate of drug-likeness (QED) is 0.418. The van der Waals surface area contributed by atoms with E-state index in [1.54, 1.807) is 23.6 Å². The van der Waals surface area contributed by atoms with E-state index >= 15 is 0 Å². The van der Waals surface area contributed by atoms with Gasteiger partial charge in [-0.2, -0.15) is 10.4 Å². The lowest BCUT2D eigenvalue weighted by Gasteiger charge is -2.36. The molecule has 36 heavy (non-hydrogen) atoms. The topological polar surface area (TPSA) is 132 Å². The number of hydrogen-bond acceptors (Lipinski definition) is 7. The molecule has 3 heterocycles. The number of amides is 1. The van der Waals surface area contributed by atoms with Gasteiger partial charge >= 0.3 is 0 Å². The molecule has 188 valence electrons. The Labute approximate surface area is 208 Å². The summed E-state index contributed by atoms with van der Waals surface area (Å²) in [5.41, 5.74) is 1.61. The van der Waals surface area contributed by atoms with Gasteiger partial charge in [-0.15, -0.1) is 0 Å². The molecule has 1 aliphatic carbocycles. The summed E-state index contributed by atoms with van der Waals surface area (Å²) < 4.78 is 15.9. The molecule has 0 spiro atoms. The maximum absolute atomic E-state index is 14.2. The molecule has 1 saturated carbocycles. The van der Waals surface area contributed by atoms with E-state index in [9.17, 15) is 19.1 Å². The summed E-state index contributed by atoms with van der Waals surface area (Å²) in [7, 11) is 0. The molecule has 3 aromatic heterocycles. The summed E-state index contributed by atoms with van der Waals surface area (Å²) in [6, 6.07) is 9.28. The van der Waals surface area contributed by atoms with Crippen molar-refractivity contribution < 1.29 is 19.1 Å². The molecule has 0 saturated heterocycles. The second kappa shape index (κ2) is 10.0. The van der Waals surface area contributed by atoms with Crippen molar-refractivity contribution in [3.8, 4) is 17.5 Å². The summed E-state index contributed by atoms with van der Waals surface area (Å²) in [4.78, 5) is 28.8. The van der Waals surface area contributed by atoms with Crippen molar-refractivity contribution in [3.05, 3.63) is 47.8 Å². The zero-order valence-corrected chi connectivity index (χ0v) is 20.5. The fourth-order valence-corrected chi connectivity index (χ4v) is 4.32. The van der Waals surface area contributed by atoms with Crippen molar-refractivity contribution in [2.45, 2.75) is 57.8 Å². The largest absolute Gasteiger partial charge is 0.387 e. The lowest BCUT2D eigenvalue weighted by Crippen LogP contribution is -2.42. The van der Waals surface area contributed by atoms with Crippen molar-refractivity contribution in [2.24, 2.45) is 5.92 Å². The zero-order valence-electron chi connectivity index (χ0n) is 20.5. The molecule has 1 aliphatic rings. The van der Waals surface area contributed by atoms with E-state index in [4.69, 9.17) is 5.26 Å². The number of aliphatic hydroxyl groups is 1. The number of nitrogens with zero attached hydrogens (tertiary/aromatic N) is 4. The van der Waals surface area contributed by atoms with Crippen LogP contribution in [0.25, 0.3) is 16.9 Å². The van der Waals surface area contributed by atoms with Crippen LogP contribution in [0.15, 0.2) is 36.7 Å². The van der Waals surface area contributed by atoms with Gasteiger partial charge in [0.25, 0.3) is 5.91 Å². The Balaban J connectivity index is 1.61. The Kier molecular flexibility index (Phi) is 7.04. The molecule has 0 aliphatic heterocycles. The number of Topliss-reactive ketones (excluding diaryl/α,β-unsaturated/α-hetero) is 1. The average molecular weight is 493 g/mol. The van der Waals surface area contributed by atoms with Crippen molar-refractivity contribution in [1.82, 2.24) is 19.9 Å². The third kappa shape index (κ3) is 5.52. The second-order valence-corrected chi connectivity index (χ2v) is 9.94. The first-order valence-electron chi connectivity index (χ1n) is 11.8. The van der Waals surface area contributed by atoms with Gasteiger partial charge in [0.15, 0.2) is 0 Å². The minimum absolute atomic E-state index is 0.0850. The highest BCUT2D eigenvalue weighted by Gasteiger charge is 2.31. The van der Waals surface area contributed by atoms with E-state index < -0.39 is 17.7 Å².